The standard InChI is InChI=1S/C15H18/c1-3-12(2)14-9-10-15(11-14)13-7-5-4-6-8-13/h4-8,10-12H,3,9H2,1-2H3. The van der Waals surface area contributed by atoms with Gasteiger partial charge in [-0.3, -0.25) is 0 Å². The first-order valence-electron chi connectivity index (χ1n) is 5.77. The predicted molar refractivity (Wildman–Crippen MR) is 66.6 cm³/mol. The van der Waals surface area contributed by atoms with E-state index in [2.05, 4.69) is 56.3 Å². The molecule has 0 N–H and O–H groups in total. The van der Waals surface area contributed by atoms with Gasteiger partial charge in [-0.15, -0.1) is 0 Å². The van der Waals surface area contributed by atoms with Crippen LogP contribution in [0.25, 0.3) is 5.57 Å². The van der Waals surface area contributed by atoms with Crippen LogP contribution in [0.4, 0.5) is 0 Å². The third kappa shape index (κ3) is 2.20. The Labute approximate surface area is 92.3 Å². The maximum atomic E-state index is 2.36. The Bertz CT molecular complexity index is 382. The van der Waals surface area contributed by atoms with Crippen molar-refractivity contribution in [3.63, 3.8) is 0 Å². The van der Waals surface area contributed by atoms with Crippen molar-refractivity contribution < 1.29 is 0 Å². The minimum Gasteiger partial charge on any atom is -0.0726 e. The quantitative estimate of drug-likeness (QED) is 0.673. The Balaban J connectivity index is 2.18. The van der Waals surface area contributed by atoms with Gasteiger partial charge in [0.15, 0.2) is 0 Å². The highest BCUT2D eigenvalue weighted by Crippen LogP contribution is 2.31. The average molecular weight is 198 g/mol. The molecule has 1 aromatic carbocycles. The summed E-state index contributed by atoms with van der Waals surface area (Å²) in [6.45, 7) is 4.57. The molecule has 1 aromatic rings. The van der Waals surface area contributed by atoms with Crippen LogP contribution in [0.1, 0.15) is 32.3 Å². The molecule has 0 radical (unpaired) electrons. The maximum absolute atomic E-state index is 2.36. The molecule has 0 nitrogen and oxygen atoms in total. The van der Waals surface area contributed by atoms with Gasteiger partial charge in [-0.25, -0.2) is 0 Å². The molecule has 78 valence electrons. The lowest BCUT2D eigenvalue weighted by Crippen LogP contribution is -1.94. The number of allylic oxidation sites excluding steroid dienone is 4. The van der Waals surface area contributed by atoms with E-state index in [1.54, 1.807) is 5.57 Å². The van der Waals surface area contributed by atoms with Gasteiger partial charge in [-0.05, 0) is 29.9 Å². The van der Waals surface area contributed by atoms with Crippen LogP contribution >= 0.6 is 0 Å². The van der Waals surface area contributed by atoms with Crippen LogP contribution in [0.5, 0.6) is 0 Å². The Morgan fingerprint density at radius 3 is 2.60 bits per heavy atom. The highest BCUT2D eigenvalue weighted by Gasteiger charge is 2.12. The fourth-order valence-corrected chi connectivity index (χ4v) is 1.98. The Morgan fingerprint density at radius 2 is 1.93 bits per heavy atom. The molecule has 0 heterocycles. The van der Waals surface area contributed by atoms with Gasteiger partial charge in [0.25, 0.3) is 0 Å². The molecule has 0 bridgehead atoms. The average Bonchev–Trinajstić information content (AvgIpc) is 2.78. The van der Waals surface area contributed by atoms with Crippen molar-refractivity contribution in [3.8, 4) is 0 Å². The zero-order valence-electron chi connectivity index (χ0n) is 9.53. The van der Waals surface area contributed by atoms with Gasteiger partial charge in [0.1, 0.15) is 0 Å². The molecule has 1 unspecified atom stereocenters. The van der Waals surface area contributed by atoms with Crippen LogP contribution in [-0.2, 0) is 0 Å². The van der Waals surface area contributed by atoms with Crippen molar-refractivity contribution in [2.75, 3.05) is 0 Å². The van der Waals surface area contributed by atoms with Gasteiger partial charge in [0.05, 0.1) is 0 Å². The van der Waals surface area contributed by atoms with E-state index in [9.17, 15) is 0 Å². The van der Waals surface area contributed by atoms with Gasteiger partial charge >= 0.3 is 0 Å². The molecule has 0 spiro atoms. The third-order valence-electron chi connectivity index (χ3n) is 3.25. The van der Waals surface area contributed by atoms with E-state index in [-0.39, 0.29) is 0 Å². The molecular formula is C15H18. The van der Waals surface area contributed by atoms with E-state index < -0.39 is 0 Å². The van der Waals surface area contributed by atoms with Crippen molar-refractivity contribution in [1.29, 1.82) is 0 Å². The first kappa shape index (κ1) is 10.2. The van der Waals surface area contributed by atoms with Crippen LogP contribution < -0.4 is 0 Å². The molecule has 1 atom stereocenters. The van der Waals surface area contributed by atoms with Crippen molar-refractivity contribution in [1.82, 2.24) is 0 Å². The second kappa shape index (κ2) is 4.48. The van der Waals surface area contributed by atoms with Crippen LogP contribution in [0.3, 0.4) is 0 Å². The summed E-state index contributed by atoms with van der Waals surface area (Å²) in [7, 11) is 0. The van der Waals surface area contributed by atoms with Gasteiger partial charge in [0.2, 0.25) is 0 Å². The topological polar surface area (TPSA) is 0 Å². The van der Waals surface area contributed by atoms with E-state index in [0.717, 1.165) is 12.3 Å². The summed E-state index contributed by atoms with van der Waals surface area (Å²) in [4.78, 5) is 0. The number of hydrogen-bond donors (Lipinski definition) is 0. The van der Waals surface area contributed by atoms with Gasteiger partial charge in [0, 0.05) is 0 Å². The second-order valence-corrected chi connectivity index (χ2v) is 4.26. The fraction of sp³-hybridized carbons (Fsp3) is 0.333. The molecule has 2 rings (SSSR count). The molecule has 15 heavy (non-hydrogen) atoms. The smallest absolute Gasteiger partial charge is 0.0124 e. The summed E-state index contributed by atoms with van der Waals surface area (Å²) < 4.78 is 0. The predicted octanol–water partition coefficient (Wildman–Crippen LogP) is 4.45. The zero-order chi connectivity index (χ0) is 10.7. The summed E-state index contributed by atoms with van der Waals surface area (Å²) in [5, 5.41) is 0. The first-order chi connectivity index (χ1) is 7.31. The summed E-state index contributed by atoms with van der Waals surface area (Å²) in [6, 6.07) is 10.6. The van der Waals surface area contributed by atoms with Crippen molar-refractivity contribution in [2.24, 2.45) is 5.92 Å². The van der Waals surface area contributed by atoms with Crippen LogP contribution in [0.15, 0.2) is 48.1 Å². The highest BCUT2D eigenvalue weighted by molar-refractivity contribution is 5.77. The Kier molecular flexibility index (Phi) is 3.05. The lowest BCUT2D eigenvalue weighted by molar-refractivity contribution is 0.646. The SMILES string of the molecule is CCC(C)C1=CC(c2ccccc2)=CC1. The summed E-state index contributed by atoms with van der Waals surface area (Å²) in [6.07, 6.45) is 7.08. The Hall–Kier alpha value is -1.30. The van der Waals surface area contributed by atoms with Gasteiger partial charge < -0.3 is 0 Å². The van der Waals surface area contributed by atoms with Crippen molar-refractivity contribution >= 4 is 5.57 Å². The fourth-order valence-electron chi connectivity index (χ4n) is 1.98. The van der Waals surface area contributed by atoms with E-state index in [4.69, 9.17) is 0 Å². The molecular weight excluding hydrogens is 180 g/mol. The number of rotatable bonds is 3. The second-order valence-electron chi connectivity index (χ2n) is 4.26. The first-order valence-corrected chi connectivity index (χ1v) is 5.77. The van der Waals surface area contributed by atoms with Crippen LogP contribution in [0.2, 0.25) is 0 Å². The number of benzene rings is 1. The summed E-state index contributed by atoms with van der Waals surface area (Å²) >= 11 is 0. The summed E-state index contributed by atoms with van der Waals surface area (Å²) in [5.41, 5.74) is 4.32. The maximum Gasteiger partial charge on any atom is -0.0124 e. The van der Waals surface area contributed by atoms with Crippen molar-refractivity contribution in [2.45, 2.75) is 26.7 Å². The monoisotopic (exact) mass is 198 g/mol. The molecule has 0 saturated carbocycles. The Morgan fingerprint density at radius 1 is 1.20 bits per heavy atom. The third-order valence-corrected chi connectivity index (χ3v) is 3.25. The molecule has 0 aromatic heterocycles. The number of hydrogen-bond acceptors (Lipinski definition) is 0. The lowest BCUT2D eigenvalue weighted by Gasteiger charge is -2.08. The van der Waals surface area contributed by atoms with Crippen LogP contribution in [0, 0.1) is 5.92 Å². The van der Waals surface area contributed by atoms with E-state index in [1.165, 1.54) is 17.6 Å². The van der Waals surface area contributed by atoms with Crippen molar-refractivity contribution in [3.05, 3.63) is 53.6 Å². The summed E-state index contributed by atoms with van der Waals surface area (Å²) in [5.74, 6) is 0.725. The molecule has 0 heteroatoms. The molecule has 1 aliphatic carbocycles. The molecule has 0 fully saturated rings. The normalized spacial score (nSPS) is 17.2. The minimum atomic E-state index is 0.725. The van der Waals surface area contributed by atoms with E-state index >= 15 is 0 Å². The van der Waals surface area contributed by atoms with Gasteiger partial charge in [-0.1, -0.05) is 61.9 Å². The molecule has 1 aliphatic rings. The molecule has 0 saturated heterocycles. The molecule has 0 aliphatic heterocycles. The van der Waals surface area contributed by atoms with E-state index in [1.807, 2.05) is 0 Å². The zero-order valence-corrected chi connectivity index (χ0v) is 9.53. The van der Waals surface area contributed by atoms with Gasteiger partial charge in [-0.2, -0.15) is 0 Å². The largest absolute Gasteiger partial charge is 0.0726 e. The molecule has 0 amide bonds. The van der Waals surface area contributed by atoms with Crippen LogP contribution in [-0.4, -0.2) is 0 Å². The lowest BCUT2D eigenvalue weighted by atomic mass is 9.97. The highest BCUT2D eigenvalue weighted by atomic mass is 14.2. The van der Waals surface area contributed by atoms with E-state index in [0.29, 0.717) is 0 Å². The minimum absolute atomic E-state index is 0.725.